The Balaban J connectivity index is 1.16. The summed E-state index contributed by atoms with van der Waals surface area (Å²) in [6, 6.07) is 23.5. The highest BCUT2D eigenvalue weighted by molar-refractivity contribution is 7.86. The first kappa shape index (κ1) is 38.5. The molecule has 0 aliphatic carbocycles. The van der Waals surface area contributed by atoms with Gasteiger partial charge in [-0.3, -0.25) is 23.2 Å². The van der Waals surface area contributed by atoms with Crippen molar-refractivity contribution < 1.29 is 53.3 Å². The maximum Gasteiger partial charge on any atom is 0.323 e. The van der Waals surface area contributed by atoms with E-state index in [0.29, 0.717) is 5.39 Å². The minimum absolute atomic E-state index is 0.0268. The molecule has 0 saturated heterocycles. The third-order valence-corrected chi connectivity index (χ3v) is 10.9. The zero-order valence-corrected chi connectivity index (χ0v) is 30.6. The fraction of sp³-hybridized carbons (Fsp3) is 0.0278. The monoisotopic (exact) mass is 804 g/mol. The number of carbonyl (C=O) groups is 3. The summed E-state index contributed by atoms with van der Waals surface area (Å²) in [5.41, 5.74) is 1.63. The topological polar surface area (TPSA) is 262 Å². The van der Waals surface area contributed by atoms with Gasteiger partial charge in [-0.2, -0.15) is 25.3 Å². The zero-order chi connectivity index (χ0) is 39.9. The van der Waals surface area contributed by atoms with E-state index in [1.165, 1.54) is 66.7 Å². The van der Waals surface area contributed by atoms with Crippen molar-refractivity contribution in [3.8, 4) is 0 Å². The van der Waals surface area contributed by atoms with Crippen LogP contribution in [0.25, 0.3) is 21.5 Å². The molecule has 6 aromatic carbocycles. The van der Waals surface area contributed by atoms with E-state index in [1.807, 2.05) is 0 Å². The molecule has 0 unspecified atom stereocenters. The highest BCUT2D eigenvalue weighted by atomic mass is 32.2. The van der Waals surface area contributed by atoms with Gasteiger partial charge in [-0.05, 0) is 85.8 Å². The van der Waals surface area contributed by atoms with Gasteiger partial charge in [0.1, 0.15) is 9.79 Å². The van der Waals surface area contributed by atoms with Gasteiger partial charge >= 0.3 is 6.03 Å². The Labute approximate surface area is 313 Å². The second-order valence-electron chi connectivity index (χ2n) is 12.1. The summed E-state index contributed by atoms with van der Waals surface area (Å²) in [4.78, 5) is 37.8. The molecule has 282 valence electrons. The zero-order valence-electron chi connectivity index (χ0n) is 28.1. The summed E-state index contributed by atoms with van der Waals surface area (Å²) in [7, 11) is -14.1. The average molecular weight is 805 g/mol. The minimum atomic E-state index is -4.84. The molecule has 0 aromatic heterocycles. The van der Waals surface area contributed by atoms with Crippen molar-refractivity contribution in [1.82, 2.24) is 0 Å². The summed E-state index contributed by atoms with van der Waals surface area (Å²) in [6.07, 6.45) is 0. The molecular formula is C36H28N4O12S3. The summed E-state index contributed by atoms with van der Waals surface area (Å²) in [5, 5.41) is 10.8. The van der Waals surface area contributed by atoms with Gasteiger partial charge in [0.25, 0.3) is 42.2 Å². The molecule has 16 nitrogen and oxygen atoms in total. The number of urea groups is 1. The van der Waals surface area contributed by atoms with Gasteiger partial charge in [0.05, 0.1) is 4.90 Å². The van der Waals surface area contributed by atoms with Crippen molar-refractivity contribution in [2.45, 2.75) is 21.6 Å². The Morgan fingerprint density at radius 1 is 0.473 bits per heavy atom. The Kier molecular flexibility index (Phi) is 10.2. The fourth-order valence-electron chi connectivity index (χ4n) is 5.72. The van der Waals surface area contributed by atoms with Crippen molar-refractivity contribution in [1.29, 1.82) is 0 Å². The molecule has 55 heavy (non-hydrogen) atoms. The first-order valence-electron chi connectivity index (χ1n) is 15.7. The van der Waals surface area contributed by atoms with Gasteiger partial charge in [0.2, 0.25) is 0 Å². The third kappa shape index (κ3) is 8.62. The third-order valence-electron chi connectivity index (χ3n) is 8.20. The Morgan fingerprint density at radius 2 is 0.927 bits per heavy atom. The smallest absolute Gasteiger partial charge is 0.321 e. The molecule has 0 aliphatic rings. The summed E-state index contributed by atoms with van der Waals surface area (Å²) >= 11 is 0. The van der Waals surface area contributed by atoms with Crippen LogP contribution in [0.15, 0.2) is 124 Å². The molecule has 4 amide bonds. The molecule has 6 aromatic rings. The van der Waals surface area contributed by atoms with Crippen LogP contribution in [0.1, 0.15) is 26.3 Å². The molecule has 0 radical (unpaired) electrons. The highest BCUT2D eigenvalue weighted by Crippen LogP contribution is 2.33. The lowest BCUT2D eigenvalue weighted by atomic mass is 10.1. The van der Waals surface area contributed by atoms with Crippen molar-refractivity contribution in [3.63, 3.8) is 0 Å². The molecule has 7 N–H and O–H groups in total. The summed E-state index contributed by atoms with van der Waals surface area (Å²) in [6.45, 7) is 1.75. The number of benzene rings is 6. The van der Waals surface area contributed by atoms with Crippen LogP contribution in [0, 0.1) is 6.92 Å². The number of carbonyl (C=O) groups excluding carboxylic acids is 3. The molecule has 6 rings (SSSR count). The lowest BCUT2D eigenvalue weighted by Gasteiger charge is -2.13. The molecule has 0 saturated carbocycles. The van der Waals surface area contributed by atoms with Crippen LogP contribution >= 0.6 is 0 Å². The van der Waals surface area contributed by atoms with Crippen molar-refractivity contribution in [2.75, 3.05) is 21.3 Å². The molecule has 0 aliphatic heterocycles. The van der Waals surface area contributed by atoms with Crippen LogP contribution < -0.4 is 21.3 Å². The van der Waals surface area contributed by atoms with E-state index in [2.05, 4.69) is 21.3 Å². The minimum Gasteiger partial charge on any atom is -0.321 e. The van der Waals surface area contributed by atoms with E-state index in [-0.39, 0.29) is 54.9 Å². The van der Waals surface area contributed by atoms with Gasteiger partial charge in [-0.25, -0.2) is 4.79 Å². The normalized spacial score (nSPS) is 11.9. The molecule has 0 bridgehead atoms. The number of amides is 4. The maximum absolute atomic E-state index is 13.3. The van der Waals surface area contributed by atoms with Crippen LogP contribution in [0.4, 0.5) is 27.5 Å². The Hall–Kier alpha value is -6.22. The highest BCUT2D eigenvalue weighted by Gasteiger charge is 2.21. The molecular weight excluding hydrogens is 777 g/mol. The molecule has 0 spiro atoms. The van der Waals surface area contributed by atoms with Gasteiger partial charge in [-0.15, -0.1) is 0 Å². The van der Waals surface area contributed by atoms with E-state index in [0.717, 1.165) is 29.8 Å². The van der Waals surface area contributed by atoms with E-state index < -0.39 is 58.0 Å². The van der Waals surface area contributed by atoms with E-state index in [4.69, 9.17) is 0 Å². The standard InChI is InChI=1S/C36H28N4O12S3/c1-20-8-10-26-28(16-20)32(54(47,48)49)14-12-30(26)39-34(41)21-4-2-6-23(17-21)37-36(43)38-24-7-3-5-22(18-24)35(42)40-31-13-15-33(55(50,51)52)29-19-25(53(44,45)46)9-11-27(29)31/h2-19H,1H3,(H,39,41)(H,40,42)(H2,37,38,43)(H,44,45,46)(H,47,48,49)(H,50,51,52). The summed E-state index contributed by atoms with van der Waals surface area (Å²) in [5.74, 6) is -1.29. The predicted octanol–water partition coefficient (Wildman–Crippen LogP) is 6.19. The molecule has 19 heteroatoms. The number of fused-ring (bicyclic) bond motifs is 2. The fourth-order valence-corrected chi connectivity index (χ4v) is 7.60. The first-order chi connectivity index (χ1) is 25.8. The van der Waals surface area contributed by atoms with E-state index in [9.17, 15) is 53.3 Å². The van der Waals surface area contributed by atoms with Gasteiger partial charge in [0, 0.05) is 55.4 Å². The van der Waals surface area contributed by atoms with Gasteiger partial charge in [0.15, 0.2) is 0 Å². The Bertz CT molecular complexity index is 2930. The largest absolute Gasteiger partial charge is 0.323 e. The lowest BCUT2D eigenvalue weighted by Crippen LogP contribution is -2.20. The molecule has 0 atom stereocenters. The van der Waals surface area contributed by atoms with Crippen LogP contribution in [0.5, 0.6) is 0 Å². The van der Waals surface area contributed by atoms with E-state index >= 15 is 0 Å². The maximum atomic E-state index is 13.3. The number of anilines is 4. The number of hydrogen-bond acceptors (Lipinski definition) is 9. The van der Waals surface area contributed by atoms with Gasteiger partial charge < -0.3 is 21.3 Å². The number of hydrogen-bond donors (Lipinski definition) is 7. The second-order valence-corrected chi connectivity index (χ2v) is 16.3. The van der Waals surface area contributed by atoms with Crippen LogP contribution in [-0.4, -0.2) is 56.8 Å². The number of rotatable bonds is 9. The number of nitrogens with one attached hydrogen (secondary N) is 4. The van der Waals surface area contributed by atoms with Crippen molar-refractivity contribution in [2.24, 2.45) is 0 Å². The van der Waals surface area contributed by atoms with Crippen LogP contribution in [0.2, 0.25) is 0 Å². The van der Waals surface area contributed by atoms with Crippen molar-refractivity contribution >= 4 is 92.5 Å². The van der Waals surface area contributed by atoms with Crippen LogP contribution in [0.3, 0.4) is 0 Å². The quantitative estimate of drug-likeness (QED) is 0.0807. The SMILES string of the molecule is Cc1ccc2c(NC(=O)c3cccc(NC(=O)Nc4cccc(C(=O)Nc5ccc(S(=O)(=O)O)c6cc(S(=O)(=O)O)ccc56)c4)c3)ccc(S(=O)(=O)O)c2c1. The molecule has 0 heterocycles. The molecule has 0 fully saturated rings. The van der Waals surface area contributed by atoms with Crippen molar-refractivity contribution in [3.05, 3.63) is 126 Å². The first-order valence-corrected chi connectivity index (χ1v) is 20.0. The lowest BCUT2D eigenvalue weighted by molar-refractivity contribution is 0.101. The van der Waals surface area contributed by atoms with Gasteiger partial charge in [-0.1, -0.05) is 35.9 Å². The Morgan fingerprint density at radius 3 is 1.38 bits per heavy atom. The number of aryl methyl sites for hydroxylation is 1. The average Bonchev–Trinajstić information content (AvgIpc) is 3.10. The van der Waals surface area contributed by atoms with Crippen LogP contribution in [-0.2, 0) is 30.4 Å². The van der Waals surface area contributed by atoms with E-state index in [1.54, 1.807) is 25.1 Å². The second kappa shape index (κ2) is 14.5. The predicted molar refractivity (Wildman–Crippen MR) is 204 cm³/mol. The summed E-state index contributed by atoms with van der Waals surface area (Å²) < 4.78 is 100.